The molecule has 0 spiro atoms. The van der Waals surface area contributed by atoms with Crippen molar-refractivity contribution in [2.75, 3.05) is 5.32 Å². The Morgan fingerprint density at radius 1 is 1.06 bits per heavy atom. The molecule has 5 rings (SSSR count). The second kappa shape index (κ2) is 9.71. The van der Waals surface area contributed by atoms with E-state index >= 15 is 0 Å². The maximum absolute atomic E-state index is 12.8. The molecule has 10 nitrogen and oxygen atoms in total. The molecular weight excluding hydrogens is 456 g/mol. The highest BCUT2D eigenvalue weighted by Gasteiger charge is 2.37. The van der Waals surface area contributed by atoms with Crippen LogP contribution in [0.15, 0.2) is 24.9 Å². The Kier molecular flexibility index (Phi) is 6.61. The molecule has 2 fully saturated rings. The SMILES string of the molecule is C[C@H]1CC(n2cc(Nc3nc(C4CCCCC4)cn4ncnc34)cn2)C[C@H](C)N1C(=O)OC(C)(C)C. The van der Waals surface area contributed by atoms with Crippen molar-refractivity contribution in [3.05, 3.63) is 30.6 Å². The molecule has 0 radical (unpaired) electrons. The Morgan fingerprint density at radius 3 is 2.47 bits per heavy atom. The lowest BCUT2D eigenvalue weighted by molar-refractivity contribution is -0.00692. The molecule has 0 unspecified atom stereocenters. The van der Waals surface area contributed by atoms with Gasteiger partial charge in [-0.2, -0.15) is 10.2 Å². The topological polar surface area (TPSA) is 102 Å². The molecule has 36 heavy (non-hydrogen) atoms. The molecule has 2 aliphatic rings. The maximum Gasteiger partial charge on any atom is 0.410 e. The van der Waals surface area contributed by atoms with E-state index in [0.717, 1.165) is 24.2 Å². The van der Waals surface area contributed by atoms with Gasteiger partial charge in [0.2, 0.25) is 0 Å². The zero-order valence-electron chi connectivity index (χ0n) is 22.0. The average molecular weight is 495 g/mol. The van der Waals surface area contributed by atoms with Crippen LogP contribution in [0.5, 0.6) is 0 Å². The van der Waals surface area contributed by atoms with Crippen LogP contribution in [0.4, 0.5) is 16.3 Å². The summed E-state index contributed by atoms with van der Waals surface area (Å²) in [5.74, 6) is 1.17. The summed E-state index contributed by atoms with van der Waals surface area (Å²) in [6.07, 6.45) is 15.0. The molecule has 0 bridgehead atoms. The van der Waals surface area contributed by atoms with Crippen molar-refractivity contribution < 1.29 is 9.53 Å². The first kappa shape index (κ1) is 24.5. The lowest BCUT2D eigenvalue weighted by Crippen LogP contribution is -2.51. The van der Waals surface area contributed by atoms with Crippen LogP contribution in [0, 0.1) is 0 Å². The van der Waals surface area contributed by atoms with Gasteiger partial charge < -0.3 is 15.0 Å². The van der Waals surface area contributed by atoms with E-state index in [0.29, 0.717) is 17.4 Å². The van der Waals surface area contributed by atoms with Gasteiger partial charge in [-0.05, 0) is 60.3 Å². The Hall–Kier alpha value is -3.17. The minimum Gasteiger partial charge on any atom is -0.444 e. The summed E-state index contributed by atoms with van der Waals surface area (Å²) in [6, 6.07) is 0.302. The van der Waals surface area contributed by atoms with Gasteiger partial charge in [0, 0.05) is 24.2 Å². The van der Waals surface area contributed by atoms with E-state index in [1.54, 1.807) is 6.33 Å². The molecular formula is C26H38N8O2. The third-order valence-electron chi connectivity index (χ3n) is 7.32. The lowest BCUT2D eigenvalue weighted by Gasteiger charge is -2.42. The number of nitrogens with zero attached hydrogens (tertiary/aromatic N) is 7. The number of likely N-dealkylation sites (tertiary alicyclic amines) is 1. The molecule has 1 N–H and O–H groups in total. The van der Waals surface area contributed by atoms with E-state index in [2.05, 4.69) is 34.3 Å². The van der Waals surface area contributed by atoms with Crippen LogP contribution >= 0.6 is 0 Å². The van der Waals surface area contributed by atoms with Crippen LogP contribution in [0.2, 0.25) is 0 Å². The number of rotatable bonds is 4. The van der Waals surface area contributed by atoms with Gasteiger partial charge >= 0.3 is 6.09 Å². The number of hydrogen-bond acceptors (Lipinski definition) is 7. The zero-order valence-corrected chi connectivity index (χ0v) is 22.0. The number of ether oxygens (including phenoxy) is 1. The molecule has 1 saturated heterocycles. The summed E-state index contributed by atoms with van der Waals surface area (Å²) in [6.45, 7) is 9.87. The van der Waals surface area contributed by atoms with Crippen molar-refractivity contribution in [1.29, 1.82) is 0 Å². The molecule has 10 heteroatoms. The first-order chi connectivity index (χ1) is 17.2. The average Bonchev–Trinajstić information content (AvgIpc) is 3.47. The molecule has 3 aromatic heterocycles. The molecule has 2 atom stereocenters. The van der Waals surface area contributed by atoms with Gasteiger partial charge in [0.05, 0.1) is 29.8 Å². The van der Waals surface area contributed by atoms with Gasteiger partial charge in [-0.1, -0.05) is 19.3 Å². The van der Waals surface area contributed by atoms with E-state index in [1.807, 2.05) is 53.5 Å². The fraction of sp³-hybridized carbons (Fsp3) is 0.654. The highest BCUT2D eigenvalue weighted by Crippen LogP contribution is 2.34. The van der Waals surface area contributed by atoms with E-state index in [-0.39, 0.29) is 24.2 Å². The van der Waals surface area contributed by atoms with Crippen LogP contribution in [0.25, 0.3) is 5.65 Å². The second-order valence-corrected chi connectivity index (χ2v) is 11.4. The molecule has 0 aromatic carbocycles. The molecule has 3 aromatic rings. The van der Waals surface area contributed by atoms with E-state index in [1.165, 1.54) is 32.1 Å². The summed E-state index contributed by atoms with van der Waals surface area (Å²) >= 11 is 0. The Morgan fingerprint density at radius 2 is 1.78 bits per heavy atom. The molecule has 1 aliphatic heterocycles. The third kappa shape index (κ3) is 5.17. The summed E-state index contributed by atoms with van der Waals surface area (Å²) in [4.78, 5) is 24.0. The number of carbonyl (C=O) groups is 1. The van der Waals surface area contributed by atoms with Crippen molar-refractivity contribution in [3.8, 4) is 0 Å². The molecule has 1 amide bonds. The van der Waals surface area contributed by atoms with Crippen LogP contribution in [-0.4, -0.2) is 58.0 Å². The summed E-state index contributed by atoms with van der Waals surface area (Å²) in [5.41, 5.74) is 2.13. The predicted molar refractivity (Wildman–Crippen MR) is 137 cm³/mol. The van der Waals surface area contributed by atoms with Crippen molar-refractivity contribution in [2.45, 2.75) is 109 Å². The number of piperidine rings is 1. The molecule has 1 saturated carbocycles. The van der Waals surface area contributed by atoms with Crippen LogP contribution in [0.1, 0.15) is 97.2 Å². The number of nitrogens with one attached hydrogen (secondary N) is 1. The maximum atomic E-state index is 12.8. The van der Waals surface area contributed by atoms with Gasteiger partial charge in [-0.15, -0.1) is 0 Å². The number of fused-ring (bicyclic) bond motifs is 1. The quantitative estimate of drug-likeness (QED) is 0.514. The standard InChI is InChI=1S/C26H38N8O2/c1-17-11-21(12-18(2)34(17)25(35)36-26(3,4)5)32-14-20(13-28-32)30-23-24-27-16-29-33(24)15-22(31-23)19-9-7-6-8-10-19/h13-19,21H,6-12H2,1-5H3,(H,30,31)/t17-,18-/m0/s1. The monoisotopic (exact) mass is 494 g/mol. The Labute approximate surface area is 212 Å². The first-order valence-corrected chi connectivity index (χ1v) is 13.2. The third-order valence-corrected chi connectivity index (χ3v) is 7.32. The van der Waals surface area contributed by atoms with Crippen molar-refractivity contribution >= 4 is 23.2 Å². The lowest BCUT2D eigenvalue weighted by atomic mass is 9.87. The molecule has 4 heterocycles. The van der Waals surface area contributed by atoms with Crippen molar-refractivity contribution in [3.63, 3.8) is 0 Å². The number of anilines is 2. The van der Waals surface area contributed by atoms with E-state index < -0.39 is 5.60 Å². The predicted octanol–water partition coefficient (Wildman–Crippen LogP) is 5.46. The fourth-order valence-corrected chi connectivity index (χ4v) is 5.70. The number of carbonyl (C=O) groups excluding carboxylic acids is 1. The first-order valence-electron chi connectivity index (χ1n) is 13.2. The van der Waals surface area contributed by atoms with Crippen molar-refractivity contribution in [2.24, 2.45) is 0 Å². The van der Waals surface area contributed by atoms with Gasteiger partial charge in [0.15, 0.2) is 11.5 Å². The highest BCUT2D eigenvalue weighted by molar-refractivity contribution is 5.69. The molecule has 1 aliphatic carbocycles. The Balaban J connectivity index is 1.31. The van der Waals surface area contributed by atoms with Crippen molar-refractivity contribution in [1.82, 2.24) is 34.3 Å². The minimum absolute atomic E-state index is 0.0543. The summed E-state index contributed by atoms with van der Waals surface area (Å²) in [5, 5.41) is 12.5. The smallest absolute Gasteiger partial charge is 0.410 e. The largest absolute Gasteiger partial charge is 0.444 e. The van der Waals surface area contributed by atoms with Crippen LogP contribution in [0.3, 0.4) is 0 Å². The number of aromatic nitrogens is 6. The van der Waals surface area contributed by atoms with E-state index in [9.17, 15) is 4.79 Å². The van der Waals surface area contributed by atoms with Crippen LogP contribution in [-0.2, 0) is 4.74 Å². The Bertz CT molecular complexity index is 1190. The van der Waals surface area contributed by atoms with Gasteiger partial charge in [-0.25, -0.2) is 19.3 Å². The summed E-state index contributed by atoms with van der Waals surface area (Å²) in [7, 11) is 0. The molecule has 194 valence electrons. The highest BCUT2D eigenvalue weighted by atomic mass is 16.6. The minimum atomic E-state index is -0.506. The van der Waals surface area contributed by atoms with Crippen LogP contribution < -0.4 is 5.32 Å². The fourth-order valence-electron chi connectivity index (χ4n) is 5.70. The van der Waals surface area contributed by atoms with Gasteiger partial charge in [-0.3, -0.25) is 4.68 Å². The summed E-state index contributed by atoms with van der Waals surface area (Å²) < 4.78 is 9.47. The van der Waals surface area contributed by atoms with Gasteiger partial charge in [0.1, 0.15) is 11.9 Å². The number of hydrogen-bond donors (Lipinski definition) is 1. The van der Waals surface area contributed by atoms with Gasteiger partial charge in [0.25, 0.3) is 0 Å². The number of amides is 1. The van der Waals surface area contributed by atoms with E-state index in [4.69, 9.17) is 9.72 Å². The second-order valence-electron chi connectivity index (χ2n) is 11.4. The normalized spacial score (nSPS) is 23.7. The zero-order chi connectivity index (χ0) is 25.4.